The Morgan fingerprint density at radius 3 is 2.90 bits per heavy atom. The SMILES string of the molecule is Cc1cc(NC(=O)CN2CCC[C@H]2C(=O)O)ccc1Br. The average Bonchev–Trinajstić information content (AvgIpc) is 2.82. The Kier molecular flexibility index (Phi) is 4.77. The number of anilines is 1. The lowest BCUT2D eigenvalue weighted by molar-refractivity contribution is -0.142. The third-order valence-electron chi connectivity index (χ3n) is 3.44. The number of carboxylic acids is 1. The van der Waals surface area contributed by atoms with Crippen molar-refractivity contribution in [3.8, 4) is 0 Å². The number of likely N-dealkylation sites (tertiary alicyclic amines) is 1. The van der Waals surface area contributed by atoms with Crippen molar-refractivity contribution in [2.45, 2.75) is 25.8 Å². The van der Waals surface area contributed by atoms with E-state index in [1.54, 1.807) is 4.90 Å². The number of nitrogens with one attached hydrogen (secondary N) is 1. The fraction of sp³-hybridized carbons (Fsp3) is 0.429. The van der Waals surface area contributed by atoms with Crippen molar-refractivity contribution in [1.29, 1.82) is 0 Å². The maximum atomic E-state index is 12.0. The normalized spacial score (nSPS) is 19.0. The van der Waals surface area contributed by atoms with Crippen molar-refractivity contribution in [2.75, 3.05) is 18.4 Å². The number of hydrogen-bond donors (Lipinski definition) is 2. The van der Waals surface area contributed by atoms with E-state index < -0.39 is 12.0 Å². The molecule has 0 radical (unpaired) electrons. The van der Waals surface area contributed by atoms with Crippen LogP contribution in [-0.2, 0) is 9.59 Å². The van der Waals surface area contributed by atoms with Crippen molar-refractivity contribution in [2.24, 2.45) is 0 Å². The summed E-state index contributed by atoms with van der Waals surface area (Å²) in [5.41, 5.74) is 1.76. The van der Waals surface area contributed by atoms with E-state index in [0.717, 1.165) is 22.1 Å². The van der Waals surface area contributed by atoms with Crippen LogP contribution in [0.3, 0.4) is 0 Å². The van der Waals surface area contributed by atoms with Crippen LogP contribution in [0.25, 0.3) is 0 Å². The Morgan fingerprint density at radius 2 is 2.25 bits per heavy atom. The molecule has 1 saturated heterocycles. The minimum Gasteiger partial charge on any atom is -0.480 e. The number of amides is 1. The van der Waals surface area contributed by atoms with Gasteiger partial charge in [0.05, 0.1) is 6.54 Å². The molecule has 20 heavy (non-hydrogen) atoms. The van der Waals surface area contributed by atoms with Crippen LogP contribution in [0, 0.1) is 6.92 Å². The molecule has 0 saturated carbocycles. The first-order valence-corrected chi connectivity index (χ1v) is 7.29. The van der Waals surface area contributed by atoms with E-state index in [-0.39, 0.29) is 12.5 Å². The molecule has 2 N–H and O–H groups in total. The summed E-state index contributed by atoms with van der Waals surface area (Å²) < 4.78 is 0.987. The summed E-state index contributed by atoms with van der Waals surface area (Å²) in [6.07, 6.45) is 1.43. The largest absolute Gasteiger partial charge is 0.480 e. The first-order valence-electron chi connectivity index (χ1n) is 6.50. The van der Waals surface area contributed by atoms with E-state index in [0.29, 0.717) is 13.0 Å². The number of hydrogen-bond acceptors (Lipinski definition) is 3. The highest BCUT2D eigenvalue weighted by molar-refractivity contribution is 9.10. The number of rotatable bonds is 4. The third kappa shape index (κ3) is 3.58. The molecule has 0 spiro atoms. The predicted octanol–water partition coefficient (Wildman–Crippen LogP) is 2.25. The van der Waals surface area contributed by atoms with E-state index in [4.69, 9.17) is 5.11 Å². The van der Waals surface area contributed by atoms with Crippen LogP contribution in [0.15, 0.2) is 22.7 Å². The summed E-state index contributed by atoms with van der Waals surface area (Å²) in [5, 5.41) is 11.9. The van der Waals surface area contributed by atoms with E-state index in [9.17, 15) is 9.59 Å². The van der Waals surface area contributed by atoms with Gasteiger partial charge in [0.2, 0.25) is 5.91 Å². The number of aliphatic carboxylic acids is 1. The summed E-state index contributed by atoms with van der Waals surface area (Å²) >= 11 is 3.40. The molecule has 0 aromatic heterocycles. The molecule has 1 aliphatic rings. The van der Waals surface area contributed by atoms with E-state index >= 15 is 0 Å². The summed E-state index contributed by atoms with van der Waals surface area (Å²) in [5.74, 6) is -1.03. The lowest BCUT2D eigenvalue weighted by atomic mass is 10.2. The van der Waals surface area contributed by atoms with E-state index in [1.165, 1.54) is 0 Å². The first kappa shape index (κ1) is 15.0. The monoisotopic (exact) mass is 340 g/mol. The predicted molar refractivity (Wildman–Crippen MR) is 79.7 cm³/mol. The number of carboxylic acid groups (broad SMARTS) is 1. The Labute approximate surface area is 126 Å². The lowest BCUT2D eigenvalue weighted by Crippen LogP contribution is -2.40. The molecule has 1 aromatic carbocycles. The van der Waals surface area contributed by atoms with Crippen molar-refractivity contribution in [3.05, 3.63) is 28.2 Å². The van der Waals surface area contributed by atoms with Gasteiger partial charge in [-0.1, -0.05) is 15.9 Å². The van der Waals surface area contributed by atoms with Crippen molar-refractivity contribution >= 4 is 33.5 Å². The van der Waals surface area contributed by atoms with Gasteiger partial charge >= 0.3 is 5.97 Å². The highest BCUT2D eigenvalue weighted by Gasteiger charge is 2.31. The number of carbonyl (C=O) groups is 2. The maximum Gasteiger partial charge on any atom is 0.320 e. The van der Waals surface area contributed by atoms with Gasteiger partial charge in [-0.05, 0) is 50.1 Å². The molecule has 0 aliphatic carbocycles. The zero-order chi connectivity index (χ0) is 14.7. The number of aryl methyl sites for hydroxylation is 1. The second kappa shape index (κ2) is 6.37. The molecule has 0 bridgehead atoms. The minimum absolute atomic E-state index is 0.117. The van der Waals surface area contributed by atoms with Crippen LogP contribution in [0.2, 0.25) is 0 Å². The van der Waals surface area contributed by atoms with Gasteiger partial charge < -0.3 is 10.4 Å². The molecule has 1 amide bonds. The van der Waals surface area contributed by atoms with Gasteiger partial charge in [-0.3, -0.25) is 14.5 Å². The molecule has 1 fully saturated rings. The maximum absolute atomic E-state index is 12.0. The standard InChI is InChI=1S/C14H17BrN2O3/c1-9-7-10(4-5-11(9)15)16-13(18)8-17-6-2-3-12(17)14(19)20/h4-5,7,12H,2-3,6,8H2,1H3,(H,16,18)(H,19,20)/t12-/m0/s1. The molecule has 1 heterocycles. The molecule has 2 rings (SSSR count). The second-order valence-electron chi connectivity index (χ2n) is 4.98. The molecular formula is C14H17BrN2O3. The second-order valence-corrected chi connectivity index (χ2v) is 5.83. The number of nitrogens with zero attached hydrogens (tertiary/aromatic N) is 1. The summed E-state index contributed by atoms with van der Waals surface area (Å²) in [7, 11) is 0. The Hall–Kier alpha value is -1.40. The fourth-order valence-corrected chi connectivity index (χ4v) is 2.65. The molecular weight excluding hydrogens is 324 g/mol. The number of benzene rings is 1. The van der Waals surface area contributed by atoms with Gasteiger partial charge in [-0.25, -0.2) is 0 Å². The topological polar surface area (TPSA) is 69.6 Å². The zero-order valence-electron chi connectivity index (χ0n) is 11.2. The number of carbonyl (C=O) groups excluding carboxylic acids is 1. The van der Waals surface area contributed by atoms with Crippen molar-refractivity contribution in [1.82, 2.24) is 4.90 Å². The molecule has 108 valence electrons. The molecule has 6 heteroatoms. The molecule has 1 aromatic rings. The summed E-state index contributed by atoms with van der Waals surface area (Å²) in [6.45, 7) is 2.72. The van der Waals surface area contributed by atoms with Gasteiger partial charge in [0, 0.05) is 10.2 Å². The summed E-state index contributed by atoms with van der Waals surface area (Å²) in [4.78, 5) is 24.7. The fourth-order valence-electron chi connectivity index (χ4n) is 2.40. The molecule has 1 atom stereocenters. The van der Waals surface area contributed by atoms with Gasteiger partial charge in [0.15, 0.2) is 0 Å². The Bertz CT molecular complexity index is 533. The highest BCUT2D eigenvalue weighted by Crippen LogP contribution is 2.21. The summed E-state index contributed by atoms with van der Waals surface area (Å²) in [6, 6.07) is 5.03. The van der Waals surface area contributed by atoms with Gasteiger partial charge in [0.25, 0.3) is 0 Å². The van der Waals surface area contributed by atoms with Crippen LogP contribution in [-0.4, -0.2) is 41.0 Å². The first-order chi connectivity index (χ1) is 9.47. The lowest BCUT2D eigenvalue weighted by Gasteiger charge is -2.20. The smallest absolute Gasteiger partial charge is 0.320 e. The zero-order valence-corrected chi connectivity index (χ0v) is 12.8. The van der Waals surface area contributed by atoms with Gasteiger partial charge in [-0.2, -0.15) is 0 Å². The van der Waals surface area contributed by atoms with Crippen LogP contribution in [0.5, 0.6) is 0 Å². The highest BCUT2D eigenvalue weighted by atomic mass is 79.9. The van der Waals surface area contributed by atoms with Crippen molar-refractivity contribution < 1.29 is 14.7 Å². The van der Waals surface area contributed by atoms with Crippen LogP contribution < -0.4 is 5.32 Å². The number of halogens is 1. The van der Waals surface area contributed by atoms with E-state index in [2.05, 4.69) is 21.2 Å². The van der Waals surface area contributed by atoms with Gasteiger partial charge in [0.1, 0.15) is 6.04 Å². The molecule has 0 unspecified atom stereocenters. The Balaban J connectivity index is 1.95. The van der Waals surface area contributed by atoms with Crippen molar-refractivity contribution in [3.63, 3.8) is 0 Å². The van der Waals surface area contributed by atoms with Crippen LogP contribution in [0.1, 0.15) is 18.4 Å². The average molecular weight is 341 g/mol. The Morgan fingerprint density at radius 1 is 1.50 bits per heavy atom. The van der Waals surface area contributed by atoms with Gasteiger partial charge in [-0.15, -0.1) is 0 Å². The van der Waals surface area contributed by atoms with Crippen LogP contribution >= 0.6 is 15.9 Å². The van der Waals surface area contributed by atoms with E-state index in [1.807, 2.05) is 25.1 Å². The molecule has 5 nitrogen and oxygen atoms in total. The molecule has 1 aliphatic heterocycles. The van der Waals surface area contributed by atoms with Crippen LogP contribution in [0.4, 0.5) is 5.69 Å². The minimum atomic E-state index is -0.852. The third-order valence-corrected chi connectivity index (χ3v) is 4.33. The quantitative estimate of drug-likeness (QED) is 0.881.